The van der Waals surface area contributed by atoms with Crippen molar-refractivity contribution in [1.82, 2.24) is 19.8 Å². The second kappa shape index (κ2) is 7.61. The lowest BCUT2D eigenvalue weighted by atomic mass is 10.1. The number of hydrogen-bond acceptors (Lipinski definition) is 4. The van der Waals surface area contributed by atoms with Crippen molar-refractivity contribution in [3.05, 3.63) is 0 Å². The number of urea groups is 1. The summed E-state index contributed by atoms with van der Waals surface area (Å²) in [6, 6.07) is 0.268. The Morgan fingerprint density at radius 1 is 1.18 bits per heavy atom. The SMILES string of the molecule is C[C@H](CNC(=O)NC1CCN(S(C)(=O)=O)CC1)N1CCCC1. The number of hydrogen-bond donors (Lipinski definition) is 2. The van der Waals surface area contributed by atoms with Gasteiger partial charge in [0, 0.05) is 31.7 Å². The molecule has 0 aliphatic carbocycles. The molecule has 0 bridgehead atoms. The molecule has 0 radical (unpaired) electrons. The van der Waals surface area contributed by atoms with Gasteiger partial charge in [-0.2, -0.15) is 0 Å². The van der Waals surface area contributed by atoms with Gasteiger partial charge >= 0.3 is 6.03 Å². The Kier molecular flexibility index (Phi) is 6.05. The monoisotopic (exact) mass is 332 g/mol. The van der Waals surface area contributed by atoms with Crippen LogP contribution in [0.25, 0.3) is 0 Å². The Morgan fingerprint density at radius 3 is 2.32 bits per heavy atom. The Morgan fingerprint density at radius 2 is 1.77 bits per heavy atom. The minimum Gasteiger partial charge on any atom is -0.337 e. The van der Waals surface area contributed by atoms with Crippen LogP contribution in [0.3, 0.4) is 0 Å². The predicted molar refractivity (Wildman–Crippen MR) is 86.2 cm³/mol. The summed E-state index contributed by atoms with van der Waals surface area (Å²) in [4.78, 5) is 14.3. The maximum atomic E-state index is 11.9. The van der Waals surface area contributed by atoms with Gasteiger partial charge in [0.15, 0.2) is 0 Å². The van der Waals surface area contributed by atoms with Crippen LogP contribution in [0.5, 0.6) is 0 Å². The lowest BCUT2D eigenvalue weighted by molar-refractivity contribution is 0.217. The number of amides is 2. The van der Waals surface area contributed by atoms with Gasteiger partial charge in [-0.15, -0.1) is 0 Å². The summed E-state index contributed by atoms with van der Waals surface area (Å²) in [5, 5.41) is 5.87. The highest BCUT2D eigenvalue weighted by molar-refractivity contribution is 7.88. The van der Waals surface area contributed by atoms with Crippen LogP contribution in [-0.4, -0.2) is 74.7 Å². The molecule has 0 spiro atoms. The van der Waals surface area contributed by atoms with Gasteiger partial charge in [0.25, 0.3) is 0 Å². The van der Waals surface area contributed by atoms with E-state index in [1.165, 1.54) is 23.4 Å². The summed E-state index contributed by atoms with van der Waals surface area (Å²) >= 11 is 0. The molecule has 2 rings (SSSR count). The third kappa shape index (κ3) is 5.10. The van der Waals surface area contributed by atoms with Crippen LogP contribution in [-0.2, 0) is 10.0 Å². The van der Waals surface area contributed by atoms with Gasteiger partial charge in [-0.25, -0.2) is 17.5 Å². The van der Waals surface area contributed by atoms with E-state index in [2.05, 4.69) is 22.5 Å². The zero-order valence-corrected chi connectivity index (χ0v) is 14.4. The second-order valence-corrected chi connectivity index (χ2v) is 8.37. The first-order valence-electron chi connectivity index (χ1n) is 8.10. The highest BCUT2D eigenvalue weighted by Gasteiger charge is 2.26. The molecule has 0 aromatic heterocycles. The summed E-state index contributed by atoms with van der Waals surface area (Å²) in [5.41, 5.74) is 0. The zero-order valence-electron chi connectivity index (χ0n) is 13.5. The van der Waals surface area contributed by atoms with Crippen molar-refractivity contribution in [1.29, 1.82) is 0 Å². The van der Waals surface area contributed by atoms with Gasteiger partial charge in [-0.1, -0.05) is 0 Å². The highest BCUT2D eigenvalue weighted by atomic mass is 32.2. The number of sulfonamides is 1. The van der Waals surface area contributed by atoms with Crippen LogP contribution in [0.2, 0.25) is 0 Å². The molecule has 2 saturated heterocycles. The molecule has 2 amide bonds. The number of nitrogens with zero attached hydrogens (tertiary/aromatic N) is 2. The van der Waals surface area contributed by atoms with Crippen LogP contribution in [0.4, 0.5) is 4.79 Å². The Bertz CT molecular complexity index is 468. The minimum atomic E-state index is -3.11. The fourth-order valence-corrected chi connectivity index (χ4v) is 3.99. The minimum absolute atomic E-state index is 0.0556. The third-order valence-electron chi connectivity index (χ3n) is 4.58. The van der Waals surface area contributed by atoms with E-state index in [1.807, 2.05) is 0 Å². The van der Waals surface area contributed by atoms with E-state index in [4.69, 9.17) is 0 Å². The van der Waals surface area contributed by atoms with E-state index >= 15 is 0 Å². The van der Waals surface area contributed by atoms with Crippen molar-refractivity contribution in [3.8, 4) is 0 Å². The fraction of sp³-hybridized carbons (Fsp3) is 0.929. The molecule has 0 saturated carbocycles. The summed E-state index contributed by atoms with van der Waals surface area (Å²) in [5.74, 6) is 0. The maximum Gasteiger partial charge on any atom is 0.315 e. The first-order valence-corrected chi connectivity index (χ1v) is 9.94. The lowest BCUT2D eigenvalue weighted by Gasteiger charge is -2.31. The average molecular weight is 332 g/mol. The van der Waals surface area contributed by atoms with E-state index in [1.54, 1.807) is 0 Å². The molecule has 0 unspecified atom stereocenters. The highest BCUT2D eigenvalue weighted by Crippen LogP contribution is 2.13. The van der Waals surface area contributed by atoms with E-state index in [9.17, 15) is 13.2 Å². The average Bonchev–Trinajstić information content (AvgIpc) is 2.98. The molecular formula is C14H28N4O3S. The Balaban J connectivity index is 1.65. The number of carbonyl (C=O) groups is 1. The molecule has 22 heavy (non-hydrogen) atoms. The standard InChI is InChI=1S/C14H28N4O3S/c1-12(17-7-3-4-8-17)11-15-14(19)16-13-5-9-18(10-6-13)22(2,20)21/h12-13H,3-11H2,1-2H3,(H2,15,16,19)/t12-/m1/s1. The van der Waals surface area contributed by atoms with Gasteiger partial charge in [-0.05, 0) is 45.7 Å². The molecule has 2 fully saturated rings. The van der Waals surface area contributed by atoms with Crippen molar-refractivity contribution in [2.45, 2.75) is 44.7 Å². The van der Waals surface area contributed by atoms with Crippen molar-refractivity contribution >= 4 is 16.1 Å². The molecule has 2 aliphatic heterocycles. The quantitative estimate of drug-likeness (QED) is 0.753. The fourth-order valence-electron chi connectivity index (χ4n) is 3.12. The van der Waals surface area contributed by atoms with E-state index in [0.29, 0.717) is 38.5 Å². The van der Waals surface area contributed by atoms with Gasteiger partial charge in [0.1, 0.15) is 0 Å². The predicted octanol–water partition coefficient (Wildman–Crippen LogP) is 0.194. The normalized spacial score (nSPS) is 23.4. The molecule has 128 valence electrons. The Hall–Kier alpha value is -0.860. The van der Waals surface area contributed by atoms with E-state index < -0.39 is 10.0 Å². The largest absolute Gasteiger partial charge is 0.337 e. The van der Waals surface area contributed by atoms with Crippen LogP contribution in [0.15, 0.2) is 0 Å². The number of nitrogens with one attached hydrogen (secondary N) is 2. The number of carbonyl (C=O) groups excluding carboxylic acids is 1. The number of piperidine rings is 1. The van der Waals surface area contributed by atoms with Gasteiger partial charge in [-0.3, -0.25) is 4.90 Å². The maximum absolute atomic E-state index is 11.9. The van der Waals surface area contributed by atoms with E-state index in [0.717, 1.165) is 13.1 Å². The van der Waals surface area contributed by atoms with Gasteiger partial charge in [0.05, 0.1) is 6.26 Å². The van der Waals surface area contributed by atoms with Crippen LogP contribution >= 0.6 is 0 Å². The smallest absolute Gasteiger partial charge is 0.315 e. The van der Waals surface area contributed by atoms with Crippen molar-refractivity contribution in [2.24, 2.45) is 0 Å². The molecule has 0 aromatic carbocycles. The van der Waals surface area contributed by atoms with E-state index in [-0.39, 0.29) is 12.1 Å². The molecule has 1 atom stereocenters. The molecule has 2 aliphatic rings. The Labute approximate surface area is 133 Å². The zero-order chi connectivity index (χ0) is 16.2. The van der Waals surface area contributed by atoms with Crippen molar-refractivity contribution < 1.29 is 13.2 Å². The second-order valence-electron chi connectivity index (χ2n) is 6.38. The summed E-state index contributed by atoms with van der Waals surface area (Å²) in [7, 11) is -3.11. The van der Waals surface area contributed by atoms with Crippen LogP contribution < -0.4 is 10.6 Å². The topological polar surface area (TPSA) is 81.8 Å². The molecule has 2 N–H and O–H groups in total. The van der Waals surface area contributed by atoms with Crippen LogP contribution in [0, 0.1) is 0 Å². The number of likely N-dealkylation sites (tertiary alicyclic amines) is 1. The third-order valence-corrected chi connectivity index (χ3v) is 5.88. The van der Waals surface area contributed by atoms with Crippen molar-refractivity contribution in [2.75, 3.05) is 39.0 Å². The summed E-state index contributed by atoms with van der Waals surface area (Å²) in [6.07, 6.45) is 5.06. The van der Waals surface area contributed by atoms with Gasteiger partial charge in [0.2, 0.25) is 10.0 Å². The summed E-state index contributed by atoms with van der Waals surface area (Å²) in [6.45, 7) is 5.98. The molecule has 0 aromatic rings. The first-order chi connectivity index (χ1) is 10.4. The number of rotatable bonds is 5. The first kappa shape index (κ1) is 17.5. The van der Waals surface area contributed by atoms with Crippen molar-refractivity contribution in [3.63, 3.8) is 0 Å². The lowest BCUT2D eigenvalue weighted by Crippen LogP contribution is -2.50. The molecule has 8 heteroatoms. The van der Waals surface area contributed by atoms with Gasteiger partial charge < -0.3 is 10.6 Å². The molecular weight excluding hydrogens is 304 g/mol. The molecule has 2 heterocycles. The molecule has 7 nitrogen and oxygen atoms in total. The van der Waals surface area contributed by atoms with Crippen LogP contribution in [0.1, 0.15) is 32.6 Å². The summed E-state index contributed by atoms with van der Waals surface area (Å²) < 4.78 is 24.4.